The third-order valence-corrected chi connectivity index (χ3v) is 9.36. The lowest BCUT2D eigenvalue weighted by Crippen LogP contribution is -2.23. The lowest BCUT2D eigenvalue weighted by atomic mass is 9.71. The van der Waals surface area contributed by atoms with Crippen LogP contribution in [0.15, 0.2) is 84.9 Å². The van der Waals surface area contributed by atoms with Crippen LogP contribution in [-0.2, 0) is 14.1 Å². The molecule has 0 bridgehead atoms. The number of aromatic nitrogens is 2. The Morgan fingerprint density at radius 2 is 0.900 bits per heavy atom. The van der Waals surface area contributed by atoms with Crippen molar-refractivity contribution in [2.45, 2.75) is 11.8 Å². The van der Waals surface area contributed by atoms with Crippen molar-refractivity contribution in [2.75, 3.05) is 26.4 Å². The number of hydrogen-bond donors (Lipinski definition) is 0. The Bertz CT molecular complexity index is 2260. The molecule has 2 heterocycles. The molecule has 0 saturated carbocycles. The third kappa shape index (κ3) is 5.25. The summed E-state index contributed by atoms with van der Waals surface area (Å²) in [6.45, 7) is 0.483. The molecule has 7 rings (SSSR count). The molecule has 6 aromatic rings. The summed E-state index contributed by atoms with van der Waals surface area (Å²) >= 11 is 0. The molecule has 0 aliphatic heterocycles. The molecular weight excluding hydrogens is 620 g/mol. The van der Waals surface area contributed by atoms with E-state index in [0.29, 0.717) is 23.0 Å². The average molecular weight is 655 g/mol. The van der Waals surface area contributed by atoms with Crippen molar-refractivity contribution in [1.29, 1.82) is 0 Å². The highest BCUT2D eigenvalue weighted by Gasteiger charge is 2.43. The van der Waals surface area contributed by atoms with Crippen LogP contribution in [0.3, 0.4) is 0 Å². The number of benzene rings is 4. The van der Waals surface area contributed by atoms with E-state index in [1.807, 2.05) is 36.4 Å². The predicted molar refractivity (Wildman–Crippen MR) is 198 cm³/mol. The molecule has 50 heavy (non-hydrogen) atoms. The first kappa shape index (κ1) is 32.0. The number of para-hydroxylation sites is 2. The Balaban J connectivity index is 1.63. The van der Waals surface area contributed by atoms with E-state index >= 15 is 0 Å². The summed E-state index contributed by atoms with van der Waals surface area (Å²) in [7, 11) is 4.23. The fourth-order valence-electron chi connectivity index (χ4n) is 7.50. The zero-order valence-corrected chi connectivity index (χ0v) is 27.9. The number of ether oxygens (including phenoxy) is 4. The fraction of sp³-hybridized carbons (Fsp3) is 0.182. The van der Waals surface area contributed by atoms with Crippen LogP contribution in [-0.4, -0.2) is 35.6 Å². The first-order valence-electron chi connectivity index (χ1n) is 16.2. The van der Waals surface area contributed by atoms with Gasteiger partial charge < -0.3 is 28.1 Å². The van der Waals surface area contributed by atoms with Crippen molar-refractivity contribution in [2.24, 2.45) is 14.1 Å². The highest BCUT2D eigenvalue weighted by molar-refractivity contribution is 5.94. The van der Waals surface area contributed by atoms with Crippen LogP contribution in [0.4, 0.5) is 0 Å². The van der Waals surface area contributed by atoms with Gasteiger partial charge in [0.1, 0.15) is 49.4 Å². The van der Waals surface area contributed by atoms with E-state index in [1.165, 1.54) is 0 Å². The Morgan fingerprint density at radius 3 is 1.30 bits per heavy atom. The van der Waals surface area contributed by atoms with Crippen molar-refractivity contribution >= 4 is 21.8 Å². The van der Waals surface area contributed by atoms with Crippen LogP contribution in [0, 0.1) is 49.4 Å². The summed E-state index contributed by atoms with van der Waals surface area (Å²) in [5.74, 6) is 12.4. The SMILES string of the molecule is C#CCOc1ccc(OCC#C)c(C2c3c(n(C)c4ccccc34)C(c3cc(OCC#C)ccc3OCC#C)c3c2n(C)c2ccccc32)c1. The Morgan fingerprint density at radius 1 is 0.520 bits per heavy atom. The molecule has 2 aromatic heterocycles. The molecule has 0 N–H and O–H groups in total. The highest BCUT2D eigenvalue weighted by Crippen LogP contribution is 2.57. The van der Waals surface area contributed by atoms with Gasteiger partial charge in [0.05, 0.1) is 11.8 Å². The summed E-state index contributed by atoms with van der Waals surface area (Å²) in [6, 6.07) is 28.5. The van der Waals surface area contributed by atoms with E-state index in [2.05, 4.69) is 95.4 Å². The van der Waals surface area contributed by atoms with Crippen LogP contribution in [0.1, 0.15) is 45.5 Å². The largest absolute Gasteiger partial charge is 0.481 e. The molecule has 0 spiro atoms. The van der Waals surface area contributed by atoms with Crippen molar-refractivity contribution < 1.29 is 18.9 Å². The van der Waals surface area contributed by atoms with Crippen LogP contribution >= 0.6 is 0 Å². The molecule has 2 atom stereocenters. The molecule has 6 heteroatoms. The number of hydrogen-bond acceptors (Lipinski definition) is 4. The minimum atomic E-state index is -0.294. The van der Waals surface area contributed by atoms with E-state index < -0.39 is 0 Å². The summed E-state index contributed by atoms with van der Waals surface area (Å²) in [5, 5.41) is 2.22. The quantitative estimate of drug-likeness (QED) is 0.144. The van der Waals surface area contributed by atoms with Crippen LogP contribution < -0.4 is 18.9 Å². The number of fused-ring (bicyclic) bond motifs is 6. The monoisotopic (exact) mass is 654 g/mol. The van der Waals surface area contributed by atoms with Crippen LogP contribution in [0.25, 0.3) is 21.8 Å². The lowest BCUT2D eigenvalue weighted by molar-refractivity contribution is 0.354. The van der Waals surface area contributed by atoms with Gasteiger partial charge in [-0.15, -0.1) is 25.7 Å². The second-order valence-electron chi connectivity index (χ2n) is 12.0. The van der Waals surface area contributed by atoms with Crippen molar-refractivity contribution in [1.82, 2.24) is 9.13 Å². The predicted octanol–water partition coefficient (Wildman–Crippen LogP) is 7.39. The summed E-state index contributed by atoms with van der Waals surface area (Å²) in [4.78, 5) is 0. The number of rotatable bonds is 10. The average Bonchev–Trinajstić information content (AvgIpc) is 3.61. The van der Waals surface area contributed by atoms with Gasteiger partial charge in [-0.2, -0.15) is 0 Å². The first-order valence-corrected chi connectivity index (χ1v) is 16.2. The van der Waals surface area contributed by atoms with Gasteiger partial charge in [-0.25, -0.2) is 0 Å². The van der Waals surface area contributed by atoms with Crippen molar-refractivity contribution in [3.63, 3.8) is 0 Å². The van der Waals surface area contributed by atoms with Gasteiger partial charge in [0, 0.05) is 58.4 Å². The second kappa shape index (κ2) is 13.5. The van der Waals surface area contributed by atoms with Gasteiger partial charge in [0.15, 0.2) is 0 Å². The standard InChI is InChI=1S/C44H34N2O4/c1-7-23-47-29-19-21-37(49-25-9-3)33(27-29)41-39-31-15-11-13-17-35(31)46(6)44(39)42(40-32-16-12-14-18-36(32)45(5)43(40)41)34-28-30(48-24-8-2)20-22-38(34)50-26-10-4/h1-4,11-22,27-28,41-42H,23-26H2,5-6H3. The Hall–Kier alpha value is -6.60. The maximum absolute atomic E-state index is 6.27. The summed E-state index contributed by atoms with van der Waals surface area (Å²) < 4.78 is 29.1. The van der Waals surface area contributed by atoms with Crippen molar-refractivity contribution in [3.8, 4) is 72.4 Å². The third-order valence-electron chi connectivity index (χ3n) is 9.36. The van der Waals surface area contributed by atoms with Gasteiger partial charge >= 0.3 is 0 Å². The van der Waals surface area contributed by atoms with E-state index in [-0.39, 0.29) is 38.3 Å². The number of terminal acetylenes is 4. The lowest BCUT2D eigenvalue weighted by Gasteiger charge is -2.34. The molecule has 0 radical (unpaired) electrons. The zero-order valence-electron chi connectivity index (χ0n) is 27.9. The van der Waals surface area contributed by atoms with Gasteiger partial charge in [-0.3, -0.25) is 0 Å². The molecule has 6 nitrogen and oxygen atoms in total. The van der Waals surface area contributed by atoms with Crippen LogP contribution in [0.5, 0.6) is 23.0 Å². The van der Waals surface area contributed by atoms with E-state index in [9.17, 15) is 0 Å². The maximum Gasteiger partial charge on any atom is 0.148 e. The van der Waals surface area contributed by atoms with E-state index in [1.54, 1.807) is 0 Å². The van der Waals surface area contributed by atoms with E-state index in [4.69, 9.17) is 44.6 Å². The van der Waals surface area contributed by atoms with Crippen molar-refractivity contribution in [3.05, 3.63) is 119 Å². The normalized spacial score (nSPS) is 14.4. The Kier molecular flexibility index (Phi) is 8.63. The molecule has 0 saturated heterocycles. The summed E-state index contributed by atoms with van der Waals surface area (Å²) in [6.07, 6.45) is 22.6. The first-order chi connectivity index (χ1) is 24.5. The van der Waals surface area contributed by atoms with Gasteiger partial charge in [-0.1, -0.05) is 60.1 Å². The fourth-order valence-corrected chi connectivity index (χ4v) is 7.50. The van der Waals surface area contributed by atoms with Gasteiger partial charge in [0.2, 0.25) is 0 Å². The molecule has 0 amide bonds. The summed E-state index contributed by atoms with van der Waals surface area (Å²) in [5.41, 5.74) is 8.44. The minimum absolute atomic E-state index is 0.109. The van der Waals surface area contributed by atoms with Gasteiger partial charge in [-0.05, 0) is 59.7 Å². The molecule has 0 fully saturated rings. The molecule has 1 aliphatic carbocycles. The molecular formula is C44H34N2O4. The number of nitrogens with zero attached hydrogens (tertiary/aromatic N) is 2. The topological polar surface area (TPSA) is 46.8 Å². The highest BCUT2D eigenvalue weighted by atomic mass is 16.5. The zero-order chi connectivity index (χ0) is 34.8. The maximum atomic E-state index is 6.27. The second-order valence-corrected chi connectivity index (χ2v) is 12.0. The minimum Gasteiger partial charge on any atom is -0.481 e. The molecule has 1 aliphatic rings. The molecule has 244 valence electrons. The van der Waals surface area contributed by atoms with Crippen LogP contribution in [0.2, 0.25) is 0 Å². The Labute approximate surface area is 292 Å². The van der Waals surface area contributed by atoms with Gasteiger partial charge in [0.25, 0.3) is 0 Å². The molecule has 4 aromatic carbocycles. The smallest absolute Gasteiger partial charge is 0.148 e. The number of aryl methyl sites for hydroxylation is 2. The molecule has 2 unspecified atom stereocenters. The van der Waals surface area contributed by atoms with E-state index in [0.717, 1.165) is 55.4 Å².